The number of nitrogens with zero attached hydrogens (tertiary/aromatic N) is 2. The third-order valence-electron chi connectivity index (χ3n) is 3.94. The minimum atomic E-state index is -0.740. The van der Waals surface area contributed by atoms with E-state index < -0.39 is 17.5 Å². The summed E-state index contributed by atoms with van der Waals surface area (Å²) >= 11 is 4.36. The summed E-state index contributed by atoms with van der Waals surface area (Å²) < 4.78 is 34.2. The number of ether oxygens (including phenoxy) is 1. The Bertz CT molecular complexity index is 1120. The molecule has 1 N–H and O–H groups in total. The Labute approximate surface area is 177 Å². The Morgan fingerprint density at radius 3 is 2.83 bits per heavy atom. The number of hydrogen-bond donors (Lipinski definition) is 1. The molecule has 3 aromatic rings. The van der Waals surface area contributed by atoms with Gasteiger partial charge in [0.15, 0.2) is 5.16 Å². The maximum Gasteiger partial charge on any atom is 0.262 e. The molecule has 0 aliphatic carbocycles. The van der Waals surface area contributed by atoms with E-state index in [1.807, 2.05) is 0 Å². The molecule has 0 spiro atoms. The van der Waals surface area contributed by atoms with Gasteiger partial charge in [0.05, 0.1) is 35.5 Å². The van der Waals surface area contributed by atoms with Crippen molar-refractivity contribution in [1.29, 1.82) is 0 Å². The Morgan fingerprint density at radius 2 is 2.07 bits per heavy atom. The van der Waals surface area contributed by atoms with Crippen LogP contribution in [0.4, 0.5) is 14.5 Å². The van der Waals surface area contributed by atoms with Crippen LogP contribution >= 0.6 is 27.7 Å². The fourth-order valence-electron chi connectivity index (χ4n) is 2.57. The van der Waals surface area contributed by atoms with E-state index in [2.05, 4.69) is 26.2 Å². The Hall–Kier alpha value is -2.30. The molecular formula is C19H16BrF2N3O3S. The summed E-state index contributed by atoms with van der Waals surface area (Å²) in [4.78, 5) is 29.5. The van der Waals surface area contributed by atoms with Crippen molar-refractivity contribution in [1.82, 2.24) is 9.55 Å². The largest absolute Gasteiger partial charge is 0.383 e. The van der Waals surface area contributed by atoms with Crippen LogP contribution in [0.3, 0.4) is 0 Å². The number of anilines is 1. The zero-order valence-corrected chi connectivity index (χ0v) is 17.6. The van der Waals surface area contributed by atoms with Crippen LogP contribution in [0.2, 0.25) is 0 Å². The number of carbonyl (C=O) groups excluding carboxylic acids is 1. The Balaban J connectivity index is 1.84. The van der Waals surface area contributed by atoms with Crippen molar-refractivity contribution in [3.05, 3.63) is 62.9 Å². The maximum absolute atomic E-state index is 13.7. The van der Waals surface area contributed by atoms with Crippen molar-refractivity contribution < 1.29 is 18.3 Å². The average molecular weight is 484 g/mol. The van der Waals surface area contributed by atoms with Crippen LogP contribution in [-0.2, 0) is 16.1 Å². The normalized spacial score (nSPS) is 11.0. The molecule has 0 unspecified atom stereocenters. The Morgan fingerprint density at radius 1 is 1.28 bits per heavy atom. The molecule has 0 atom stereocenters. The van der Waals surface area contributed by atoms with Crippen LogP contribution in [0.15, 0.2) is 50.8 Å². The van der Waals surface area contributed by atoms with E-state index in [4.69, 9.17) is 4.74 Å². The van der Waals surface area contributed by atoms with Gasteiger partial charge in [-0.15, -0.1) is 0 Å². The highest BCUT2D eigenvalue weighted by Crippen LogP contribution is 2.21. The lowest BCUT2D eigenvalue weighted by Gasteiger charge is -2.13. The third kappa shape index (κ3) is 5.20. The van der Waals surface area contributed by atoms with Gasteiger partial charge in [0, 0.05) is 17.6 Å². The number of benzene rings is 2. The van der Waals surface area contributed by atoms with Gasteiger partial charge < -0.3 is 10.1 Å². The molecule has 152 valence electrons. The van der Waals surface area contributed by atoms with Gasteiger partial charge in [-0.3, -0.25) is 14.2 Å². The molecule has 0 bridgehead atoms. The van der Waals surface area contributed by atoms with Gasteiger partial charge >= 0.3 is 0 Å². The van der Waals surface area contributed by atoms with E-state index in [0.29, 0.717) is 16.1 Å². The number of aromatic nitrogens is 2. The van der Waals surface area contributed by atoms with E-state index in [9.17, 15) is 18.4 Å². The Kier molecular flexibility index (Phi) is 6.99. The average Bonchev–Trinajstić information content (AvgIpc) is 2.69. The molecule has 0 aliphatic rings. The number of carbonyl (C=O) groups is 1. The predicted molar refractivity (Wildman–Crippen MR) is 111 cm³/mol. The van der Waals surface area contributed by atoms with Gasteiger partial charge in [0.25, 0.3) is 5.56 Å². The van der Waals surface area contributed by atoms with Gasteiger partial charge in [-0.2, -0.15) is 0 Å². The first-order valence-electron chi connectivity index (χ1n) is 8.46. The number of amides is 1. The first-order chi connectivity index (χ1) is 13.9. The van der Waals surface area contributed by atoms with E-state index in [1.54, 1.807) is 18.2 Å². The van der Waals surface area contributed by atoms with Crippen LogP contribution in [-0.4, -0.2) is 34.9 Å². The van der Waals surface area contributed by atoms with Crippen LogP contribution in [0.5, 0.6) is 0 Å². The van der Waals surface area contributed by atoms with E-state index in [1.165, 1.54) is 11.7 Å². The number of fused-ring (bicyclic) bond motifs is 1. The zero-order chi connectivity index (χ0) is 21.0. The van der Waals surface area contributed by atoms with Gasteiger partial charge in [0.1, 0.15) is 11.6 Å². The highest BCUT2D eigenvalue weighted by Gasteiger charge is 2.15. The number of rotatable bonds is 7. The molecule has 2 aromatic carbocycles. The fourth-order valence-corrected chi connectivity index (χ4v) is 3.76. The molecule has 0 fully saturated rings. The second-order valence-corrected chi connectivity index (χ2v) is 7.82. The summed E-state index contributed by atoms with van der Waals surface area (Å²) in [6.07, 6.45) is 0. The van der Waals surface area contributed by atoms with E-state index in [-0.39, 0.29) is 30.2 Å². The number of hydrogen-bond acceptors (Lipinski definition) is 5. The molecule has 3 rings (SSSR count). The van der Waals surface area contributed by atoms with Crippen molar-refractivity contribution >= 4 is 50.2 Å². The number of thioether (sulfide) groups is 1. The molecule has 0 aliphatic heterocycles. The SMILES string of the molecule is COCCn1c(SCC(=O)Nc2cc(F)ccc2F)nc2ccc(Br)cc2c1=O. The predicted octanol–water partition coefficient (Wildman–Crippen LogP) is 3.81. The van der Waals surface area contributed by atoms with Crippen LogP contribution < -0.4 is 10.9 Å². The first-order valence-corrected chi connectivity index (χ1v) is 10.2. The monoisotopic (exact) mass is 483 g/mol. The van der Waals surface area contributed by atoms with Crippen molar-refractivity contribution in [3.8, 4) is 0 Å². The van der Waals surface area contributed by atoms with Crippen molar-refractivity contribution in [2.45, 2.75) is 11.7 Å². The second-order valence-electron chi connectivity index (χ2n) is 5.97. The van der Waals surface area contributed by atoms with Crippen LogP contribution in [0, 0.1) is 11.6 Å². The maximum atomic E-state index is 13.7. The number of nitrogens with one attached hydrogen (secondary N) is 1. The van der Waals surface area contributed by atoms with Crippen LogP contribution in [0.1, 0.15) is 0 Å². The highest BCUT2D eigenvalue weighted by molar-refractivity contribution is 9.10. The highest BCUT2D eigenvalue weighted by atomic mass is 79.9. The van der Waals surface area contributed by atoms with Crippen LogP contribution in [0.25, 0.3) is 10.9 Å². The number of methoxy groups -OCH3 is 1. The standard InChI is InChI=1S/C19H16BrF2N3O3S/c1-28-7-6-25-18(27)13-8-11(20)2-5-15(13)24-19(25)29-10-17(26)23-16-9-12(21)3-4-14(16)22/h2-5,8-9H,6-7,10H2,1H3,(H,23,26). The third-order valence-corrected chi connectivity index (χ3v) is 5.40. The lowest BCUT2D eigenvalue weighted by atomic mass is 10.2. The topological polar surface area (TPSA) is 73.2 Å². The molecule has 1 aromatic heterocycles. The zero-order valence-electron chi connectivity index (χ0n) is 15.2. The van der Waals surface area contributed by atoms with Crippen molar-refractivity contribution in [2.75, 3.05) is 24.8 Å². The summed E-state index contributed by atoms with van der Waals surface area (Å²) in [7, 11) is 1.52. The molecule has 10 heteroatoms. The smallest absolute Gasteiger partial charge is 0.262 e. The van der Waals surface area contributed by atoms with Gasteiger partial charge in [-0.25, -0.2) is 13.8 Å². The van der Waals surface area contributed by atoms with Gasteiger partial charge in [-0.05, 0) is 30.3 Å². The molecule has 29 heavy (non-hydrogen) atoms. The molecule has 0 radical (unpaired) electrons. The molecule has 1 heterocycles. The molecule has 0 saturated carbocycles. The molecule has 0 saturated heterocycles. The minimum Gasteiger partial charge on any atom is -0.383 e. The summed E-state index contributed by atoms with van der Waals surface area (Å²) in [5, 5.41) is 3.09. The fraction of sp³-hybridized carbons (Fsp3) is 0.211. The number of halogens is 3. The van der Waals surface area contributed by atoms with E-state index >= 15 is 0 Å². The lowest BCUT2D eigenvalue weighted by Crippen LogP contribution is -2.26. The summed E-state index contributed by atoms with van der Waals surface area (Å²) in [6.45, 7) is 0.544. The minimum absolute atomic E-state index is 0.141. The summed E-state index contributed by atoms with van der Waals surface area (Å²) in [5.41, 5.74) is -0.0120. The first kappa shape index (κ1) is 21.4. The summed E-state index contributed by atoms with van der Waals surface area (Å²) in [5.74, 6) is -2.10. The lowest BCUT2D eigenvalue weighted by molar-refractivity contribution is -0.113. The van der Waals surface area contributed by atoms with Crippen molar-refractivity contribution in [3.63, 3.8) is 0 Å². The molecule has 1 amide bonds. The second kappa shape index (κ2) is 9.47. The van der Waals surface area contributed by atoms with Gasteiger partial charge in [-0.1, -0.05) is 27.7 Å². The quantitative estimate of drug-likeness (QED) is 0.408. The molecule has 6 nitrogen and oxygen atoms in total. The van der Waals surface area contributed by atoms with Gasteiger partial charge in [0.2, 0.25) is 5.91 Å². The summed E-state index contributed by atoms with van der Waals surface area (Å²) in [6, 6.07) is 7.95. The van der Waals surface area contributed by atoms with Crippen molar-refractivity contribution in [2.24, 2.45) is 0 Å². The molecular weight excluding hydrogens is 468 g/mol. The van der Waals surface area contributed by atoms with E-state index in [0.717, 1.165) is 34.4 Å².